The Kier molecular flexibility index (Phi) is 4.70. The first kappa shape index (κ1) is 16.0. The smallest absolute Gasteiger partial charge is 0.410 e. The molecule has 7 heteroatoms. The van der Waals surface area contributed by atoms with Crippen molar-refractivity contribution in [2.45, 2.75) is 26.4 Å². The highest BCUT2D eigenvalue weighted by atomic mass is 127. The number of likely N-dealkylation sites (tertiary alicyclic amines) is 1. The zero-order valence-electron chi connectivity index (χ0n) is 12.2. The maximum absolute atomic E-state index is 12.1. The SMILES string of the molecule is CC(C)(C)OC(=O)N1CC(C(=O)Nc2cnccc2I)C1. The summed E-state index contributed by atoms with van der Waals surface area (Å²) in [5, 5.41) is 2.83. The van der Waals surface area contributed by atoms with Gasteiger partial charge in [-0.1, -0.05) is 0 Å². The molecule has 0 atom stereocenters. The number of carbonyl (C=O) groups excluding carboxylic acids is 2. The number of nitrogens with one attached hydrogen (secondary N) is 1. The second-order valence-corrected chi connectivity index (χ2v) is 7.09. The van der Waals surface area contributed by atoms with Gasteiger partial charge in [-0.05, 0) is 49.4 Å². The van der Waals surface area contributed by atoms with Crippen molar-refractivity contribution in [2.24, 2.45) is 5.92 Å². The van der Waals surface area contributed by atoms with Crippen molar-refractivity contribution in [3.63, 3.8) is 0 Å². The van der Waals surface area contributed by atoms with Crippen molar-refractivity contribution >= 4 is 40.3 Å². The monoisotopic (exact) mass is 403 g/mol. The lowest BCUT2D eigenvalue weighted by Gasteiger charge is -2.38. The van der Waals surface area contributed by atoms with E-state index in [9.17, 15) is 9.59 Å². The Bertz CT molecular complexity index is 551. The molecule has 1 aromatic rings. The van der Waals surface area contributed by atoms with Gasteiger partial charge in [0, 0.05) is 22.9 Å². The van der Waals surface area contributed by atoms with Gasteiger partial charge in [0.05, 0.1) is 17.8 Å². The van der Waals surface area contributed by atoms with Crippen molar-refractivity contribution in [3.05, 3.63) is 22.0 Å². The van der Waals surface area contributed by atoms with Crippen molar-refractivity contribution in [3.8, 4) is 0 Å². The van der Waals surface area contributed by atoms with Crippen LogP contribution in [0.3, 0.4) is 0 Å². The molecule has 1 saturated heterocycles. The van der Waals surface area contributed by atoms with E-state index >= 15 is 0 Å². The van der Waals surface area contributed by atoms with Crippen LogP contribution in [-0.4, -0.2) is 40.6 Å². The Balaban J connectivity index is 1.83. The zero-order valence-corrected chi connectivity index (χ0v) is 14.4. The molecule has 1 aromatic heterocycles. The van der Waals surface area contributed by atoms with Crippen LogP contribution in [0.15, 0.2) is 18.5 Å². The van der Waals surface area contributed by atoms with Crippen LogP contribution in [0.4, 0.5) is 10.5 Å². The molecule has 0 aliphatic carbocycles. The van der Waals surface area contributed by atoms with Gasteiger partial charge >= 0.3 is 6.09 Å². The Labute approximate surface area is 137 Å². The molecule has 1 fully saturated rings. The summed E-state index contributed by atoms with van der Waals surface area (Å²) in [5.74, 6) is -0.297. The lowest BCUT2D eigenvalue weighted by molar-refractivity contribution is -0.124. The van der Waals surface area contributed by atoms with E-state index in [0.29, 0.717) is 18.8 Å². The number of nitrogens with zero attached hydrogens (tertiary/aromatic N) is 2. The third-order valence-corrected chi connectivity index (χ3v) is 3.87. The van der Waals surface area contributed by atoms with Crippen LogP contribution >= 0.6 is 22.6 Å². The van der Waals surface area contributed by atoms with Gasteiger partial charge in [-0.2, -0.15) is 0 Å². The maximum Gasteiger partial charge on any atom is 0.410 e. The highest BCUT2D eigenvalue weighted by Gasteiger charge is 2.37. The molecule has 0 saturated carbocycles. The summed E-state index contributed by atoms with van der Waals surface area (Å²) in [4.78, 5) is 29.4. The normalized spacial score (nSPS) is 15.3. The minimum atomic E-state index is -0.518. The van der Waals surface area contributed by atoms with Crippen LogP contribution in [0.25, 0.3) is 0 Å². The molecule has 0 aromatic carbocycles. The number of anilines is 1. The van der Waals surface area contributed by atoms with Crippen molar-refractivity contribution in [1.82, 2.24) is 9.88 Å². The lowest BCUT2D eigenvalue weighted by Crippen LogP contribution is -2.55. The fourth-order valence-corrected chi connectivity index (χ4v) is 2.26. The second-order valence-electron chi connectivity index (χ2n) is 5.93. The molecule has 0 spiro atoms. The third-order valence-electron chi connectivity index (χ3n) is 2.93. The summed E-state index contributed by atoms with van der Waals surface area (Å²) in [7, 11) is 0. The topological polar surface area (TPSA) is 71.5 Å². The van der Waals surface area contributed by atoms with E-state index in [1.165, 1.54) is 4.90 Å². The van der Waals surface area contributed by atoms with Gasteiger partial charge < -0.3 is 15.0 Å². The van der Waals surface area contributed by atoms with Crippen LogP contribution in [0.1, 0.15) is 20.8 Å². The van der Waals surface area contributed by atoms with E-state index in [1.807, 2.05) is 26.8 Å². The molecule has 1 aliphatic rings. The third kappa shape index (κ3) is 4.29. The fourth-order valence-electron chi connectivity index (χ4n) is 1.82. The van der Waals surface area contributed by atoms with Crippen LogP contribution in [0.5, 0.6) is 0 Å². The highest BCUT2D eigenvalue weighted by molar-refractivity contribution is 14.1. The minimum absolute atomic E-state index is 0.0966. The molecule has 2 heterocycles. The van der Waals surface area contributed by atoms with Gasteiger partial charge in [0.25, 0.3) is 0 Å². The Morgan fingerprint density at radius 2 is 2.10 bits per heavy atom. The van der Waals surface area contributed by atoms with Crippen molar-refractivity contribution in [2.75, 3.05) is 18.4 Å². The van der Waals surface area contributed by atoms with E-state index in [0.717, 1.165) is 3.57 Å². The summed E-state index contributed by atoms with van der Waals surface area (Å²) < 4.78 is 6.18. The first-order chi connectivity index (χ1) is 9.76. The molecule has 1 N–H and O–H groups in total. The van der Waals surface area contributed by atoms with E-state index < -0.39 is 5.60 Å². The Hall–Kier alpha value is -1.38. The largest absolute Gasteiger partial charge is 0.444 e. The van der Waals surface area contributed by atoms with Gasteiger partial charge in [0.15, 0.2) is 0 Å². The van der Waals surface area contributed by atoms with Crippen LogP contribution in [0, 0.1) is 9.49 Å². The lowest BCUT2D eigenvalue weighted by atomic mass is 10.00. The quantitative estimate of drug-likeness (QED) is 0.771. The van der Waals surface area contributed by atoms with Gasteiger partial charge in [-0.25, -0.2) is 4.79 Å². The highest BCUT2D eigenvalue weighted by Crippen LogP contribution is 2.22. The molecule has 1 aliphatic heterocycles. The summed E-state index contributed by atoms with van der Waals surface area (Å²) >= 11 is 2.14. The minimum Gasteiger partial charge on any atom is -0.444 e. The number of hydrogen-bond donors (Lipinski definition) is 1. The molecule has 2 amide bonds. The molecule has 114 valence electrons. The molecule has 0 bridgehead atoms. The number of hydrogen-bond acceptors (Lipinski definition) is 4. The molecule has 6 nitrogen and oxygen atoms in total. The van der Waals surface area contributed by atoms with Crippen LogP contribution in [-0.2, 0) is 9.53 Å². The van der Waals surface area contributed by atoms with Crippen LogP contribution in [0.2, 0.25) is 0 Å². The molecule has 0 radical (unpaired) electrons. The summed E-state index contributed by atoms with van der Waals surface area (Å²) in [5.41, 5.74) is 0.176. The van der Waals surface area contributed by atoms with Crippen molar-refractivity contribution in [1.29, 1.82) is 0 Å². The van der Waals surface area contributed by atoms with E-state index in [-0.39, 0.29) is 17.9 Å². The van der Waals surface area contributed by atoms with Gasteiger partial charge in [0.1, 0.15) is 5.60 Å². The zero-order chi connectivity index (χ0) is 15.6. The number of aromatic nitrogens is 1. The first-order valence-electron chi connectivity index (χ1n) is 6.64. The number of amides is 2. The number of rotatable bonds is 2. The molecular formula is C14H18IN3O3. The second kappa shape index (κ2) is 6.17. The molecule has 21 heavy (non-hydrogen) atoms. The predicted molar refractivity (Wildman–Crippen MR) is 86.9 cm³/mol. The van der Waals surface area contributed by atoms with Gasteiger partial charge in [0.2, 0.25) is 5.91 Å². The summed E-state index contributed by atoms with van der Waals surface area (Å²) in [6.07, 6.45) is 2.91. The molecule has 2 rings (SSSR count). The van der Waals surface area contributed by atoms with Crippen LogP contribution < -0.4 is 5.32 Å². The standard InChI is InChI=1S/C14H18IN3O3/c1-14(2,3)21-13(20)18-7-9(8-18)12(19)17-11-6-16-5-4-10(11)15/h4-6,9H,7-8H2,1-3H3,(H,17,19). The Morgan fingerprint density at radius 1 is 1.43 bits per heavy atom. The Morgan fingerprint density at radius 3 is 2.67 bits per heavy atom. The van der Waals surface area contributed by atoms with E-state index in [2.05, 4.69) is 32.9 Å². The predicted octanol–water partition coefficient (Wildman–Crippen LogP) is 2.49. The number of halogens is 1. The van der Waals surface area contributed by atoms with Gasteiger partial charge in [-0.15, -0.1) is 0 Å². The molecule has 0 unspecified atom stereocenters. The fraction of sp³-hybridized carbons (Fsp3) is 0.500. The first-order valence-corrected chi connectivity index (χ1v) is 7.72. The average Bonchev–Trinajstić information content (AvgIpc) is 2.27. The summed E-state index contributed by atoms with van der Waals surface area (Å²) in [6, 6.07) is 1.82. The van der Waals surface area contributed by atoms with E-state index in [1.54, 1.807) is 12.4 Å². The number of pyridine rings is 1. The van der Waals surface area contributed by atoms with Gasteiger partial charge in [-0.3, -0.25) is 9.78 Å². The van der Waals surface area contributed by atoms with Crippen molar-refractivity contribution < 1.29 is 14.3 Å². The van der Waals surface area contributed by atoms with E-state index in [4.69, 9.17) is 4.74 Å². The molecular weight excluding hydrogens is 385 g/mol. The maximum atomic E-state index is 12.1. The number of carbonyl (C=O) groups is 2. The summed E-state index contributed by atoms with van der Waals surface area (Å²) in [6.45, 7) is 6.23. The number of ether oxygens (including phenoxy) is 1. The average molecular weight is 403 g/mol.